The molecule has 0 bridgehead atoms. The highest BCUT2D eigenvalue weighted by atomic mass is 19.1. The molecule has 1 saturated carbocycles. The van der Waals surface area contributed by atoms with E-state index < -0.39 is 0 Å². The maximum Gasteiger partial charge on any atom is 0.357 e. The molecule has 0 aliphatic heterocycles. The predicted molar refractivity (Wildman–Crippen MR) is 19.8 cm³/mol. The average molecular weight is 70.9 g/mol. The molecular formula is C3H5BF. The highest BCUT2D eigenvalue weighted by Gasteiger charge is 2.22. The highest BCUT2D eigenvalue weighted by molar-refractivity contribution is 6.29. The third-order valence-electron chi connectivity index (χ3n) is 0.800. The van der Waals surface area contributed by atoms with Crippen LogP contribution in [0.5, 0.6) is 0 Å². The monoisotopic (exact) mass is 71.0 g/mol. The van der Waals surface area contributed by atoms with Crippen LogP contribution in [-0.4, -0.2) is 7.56 Å². The molecule has 0 saturated heterocycles. The minimum Gasteiger partial charge on any atom is -0.342 e. The van der Waals surface area contributed by atoms with Crippen molar-refractivity contribution in [1.82, 2.24) is 0 Å². The van der Waals surface area contributed by atoms with Gasteiger partial charge in [0.05, 0.1) is 0 Å². The summed E-state index contributed by atoms with van der Waals surface area (Å²) in [5.74, 6) is 0.343. The van der Waals surface area contributed by atoms with Crippen molar-refractivity contribution in [3.05, 3.63) is 0 Å². The lowest BCUT2D eigenvalue weighted by Crippen LogP contribution is -1.69. The molecule has 0 amide bonds. The van der Waals surface area contributed by atoms with Crippen LogP contribution in [0.25, 0.3) is 0 Å². The van der Waals surface area contributed by atoms with Gasteiger partial charge in [-0.25, -0.2) is 0 Å². The van der Waals surface area contributed by atoms with E-state index in [4.69, 9.17) is 0 Å². The first kappa shape index (κ1) is 3.20. The molecule has 0 unspecified atom stereocenters. The van der Waals surface area contributed by atoms with Crippen LogP contribution in [0.3, 0.4) is 0 Å². The summed E-state index contributed by atoms with van der Waals surface area (Å²) in [6.45, 7) is 0. The second-order valence-electron chi connectivity index (χ2n) is 1.46. The smallest absolute Gasteiger partial charge is 0.342 e. The van der Waals surface area contributed by atoms with Crippen molar-refractivity contribution >= 4 is 7.56 Å². The lowest BCUT2D eigenvalue weighted by molar-refractivity contribution is 0.856. The summed E-state index contributed by atoms with van der Waals surface area (Å²) in [5, 5.41) is 0. The molecular weight excluding hydrogens is 65.8 g/mol. The van der Waals surface area contributed by atoms with Crippen LogP contribution in [0.15, 0.2) is 0 Å². The number of rotatable bonds is 1. The first-order valence-corrected chi connectivity index (χ1v) is 1.87. The maximum atomic E-state index is 11.1. The Kier molecular flexibility index (Phi) is 0.637. The minimum atomic E-state index is 0.343. The Balaban J connectivity index is 2.00. The van der Waals surface area contributed by atoms with Crippen LogP contribution < -0.4 is 0 Å². The van der Waals surface area contributed by atoms with E-state index in [0.29, 0.717) is 5.82 Å². The summed E-state index contributed by atoms with van der Waals surface area (Å²) in [6, 6.07) is 0. The van der Waals surface area contributed by atoms with Crippen molar-refractivity contribution in [2.75, 3.05) is 0 Å². The SMILES string of the molecule is F[B]C1CC1. The van der Waals surface area contributed by atoms with E-state index in [1.807, 2.05) is 0 Å². The molecule has 1 rings (SSSR count). The van der Waals surface area contributed by atoms with Gasteiger partial charge >= 0.3 is 7.56 Å². The zero-order valence-corrected chi connectivity index (χ0v) is 2.95. The fourth-order valence-electron chi connectivity index (χ4n) is 0.222. The molecule has 0 aromatic carbocycles. The highest BCUT2D eigenvalue weighted by Crippen LogP contribution is 2.34. The van der Waals surface area contributed by atoms with Gasteiger partial charge in [0.1, 0.15) is 0 Å². The molecule has 5 heavy (non-hydrogen) atoms. The Bertz CT molecular complexity index is 33.9. The van der Waals surface area contributed by atoms with Gasteiger partial charge in [-0.15, -0.1) is 0 Å². The molecule has 1 radical (unpaired) electrons. The molecule has 0 nitrogen and oxygen atoms in total. The number of hydrogen-bond acceptors (Lipinski definition) is 0. The number of hydrogen-bond donors (Lipinski definition) is 0. The Hall–Kier alpha value is -0.00506. The number of halogens is 1. The lowest BCUT2D eigenvalue weighted by atomic mass is 9.98. The van der Waals surface area contributed by atoms with Crippen LogP contribution in [-0.2, 0) is 0 Å². The van der Waals surface area contributed by atoms with Crippen LogP contribution in [0, 0.1) is 0 Å². The molecule has 0 spiro atoms. The second kappa shape index (κ2) is 0.997. The maximum absolute atomic E-state index is 11.1. The molecule has 1 aliphatic carbocycles. The van der Waals surface area contributed by atoms with Crippen LogP contribution in [0.4, 0.5) is 4.32 Å². The lowest BCUT2D eigenvalue weighted by Gasteiger charge is -1.63. The van der Waals surface area contributed by atoms with Crippen LogP contribution in [0.1, 0.15) is 12.8 Å². The Morgan fingerprint density at radius 3 is 2.20 bits per heavy atom. The second-order valence-corrected chi connectivity index (χ2v) is 1.46. The first-order chi connectivity index (χ1) is 2.43. The van der Waals surface area contributed by atoms with Crippen molar-refractivity contribution < 1.29 is 4.32 Å². The molecule has 0 heterocycles. The van der Waals surface area contributed by atoms with Gasteiger partial charge in [-0.1, -0.05) is 12.8 Å². The van der Waals surface area contributed by atoms with Crippen LogP contribution >= 0.6 is 0 Å². The van der Waals surface area contributed by atoms with Gasteiger partial charge in [-0.2, -0.15) is 0 Å². The van der Waals surface area contributed by atoms with E-state index in [9.17, 15) is 4.32 Å². The molecule has 0 N–H and O–H groups in total. The van der Waals surface area contributed by atoms with E-state index >= 15 is 0 Å². The topological polar surface area (TPSA) is 0 Å². The van der Waals surface area contributed by atoms with Crippen molar-refractivity contribution in [3.8, 4) is 0 Å². The molecule has 0 aromatic heterocycles. The van der Waals surface area contributed by atoms with E-state index in [2.05, 4.69) is 0 Å². The Morgan fingerprint density at radius 2 is 2.20 bits per heavy atom. The fraction of sp³-hybridized carbons (Fsp3) is 1.00. The van der Waals surface area contributed by atoms with E-state index in [1.54, 1.807) is 0 Å². The summed E-state index contributed by atoms with van der Waals surface area (Å²) in [7, 11) is 0.778. The average Bonchev–Trinajstić information content (AvgIpc) is 2.12. The third kappa shape index (κ3) is 0.637. The van der Waals surface area contributed by atoms with E-state index in [-0.39, 0.29) is 0 Å². The van der Waals surface area contributed by atoms with Crippen molar-refractivity contribution in [2.24, 2.45) is 0 Å². The molecule has 1 fully saturated rings. The van der Waals surface area contributed by atoms with Crippen molar-refractivity contribution in [2.45, 2.75) is 18.7 Å². The zero-order chi connectivity index (χ0) is 3.70. The van der Waals surface area contributed by atoms with E-state index in [1.165, 1.54) is 0 Å². The van der Waals surface area contributed by atoms with Crippen LogP contribution in [0.2, 0.25) is 5.82 Å². The summed E-state index contributed by atoms with van der Waals surface area (Å²) >= 11 is 0. The quantitative estimate of drug-likeness (QED) is 0.407. The molecule has 0 aromatic rings. The first-order valence-electron chi connectivity index (χ1n) is 1.87. The largest absolute Gasteiger partial charge is 0.357 e. The predicted octanol–water partition coefficient (Wildman–Crippen LogP) is 1.16. The summed E-state index contributed by atoms with van der Waals surface area (Å²) < 4.78 is 11.1. The van der Waals surface area contributed by atoms with Crippen molar-refractivity contribution in [3.63, 3.8) is 0 Å². The Morgan fingerprint density at radius 1 is 1.60 bits per heavy atom. The summed E-state index contributed by atoms with van der Waals surface area (Å²) in [4.78, 5) is 0. The fourth-order valence-corrected chi connectivity index (χ4v) is 0.222. The van der Waals surface area contributed by atoms with Crippen molar-refractivity contribution in [1.29, 1.82) is 0 Å². The van der Waals surface area contributed by atoms with Gasteiger partial charge in [0.25, 0.3) is 0 Å². The van der Waals surface area contributed by atoms with Gasteiger partial charge in [-0.05, 0) is 5.82 Å². The molecule has 2 heteroatoms. The van der Waals surface area contributed by atoms with Gasteiger partial charge < -0.3 is 4.32 Å². The third-order valence-corrected chi connectivity index (χ3v) is 0.800. The normalized spacial score (nSPS) is 22.6. The van der Waals surface area contributed by atoms with Gasteiger partial charge in [-0.3, -0.25) is 0 Å². The minimum absolute atomic E-state index is 0.343. The Labute approximate surface area is 31.7 Å². The van der Waals surface area contributed by atoms with E-state index in [0.717, 1.165) is 20.4 Å². The summed E-state index contributed by atoms with van der Waals surface area (Å²) in [5.41, 5.74) is 0. The molecule has 0 atom stereocenters. The molecule has 1 aliphatic rings. The molecule has 27 valence electrons. The standard InChI is InChI=1S/C3H5BF/c5-4-3-1-2-3/h3H,1-2H2. The summed E-state index contributed by atoms with van der Waals surface area (Å²) in [6.07, 6.45) is 2.16. The zero-order valence-electron chi connectivity index (χ0n) is 2.95. The van der Waals surface area contributed by atoms with Gasteiger partial charge in [0.15, 0.2) is 0 Å². The van der Waals surface area contributed by atoms with Gasteiger partial charge in [0.2, 0.25) is 0 Å². The van der Waals surface area contributed by atoms with Gasteiger partial charge in [0, 0.05) is 0 Å².